The molecule has 1 heterocycles. The number of rotatable bonds is 2. The van der Waals surface area contributed by atoms with E-state index in [0.29, 0.717) is 5.54 Å². The molecule has 1 aliphatic rings. The van der Waals surface area contributed by atoms with Crippen molar-refractivity contribution >= 4 is 11.8 Å². The molecular formula is C12H25NS. The van der Waals surface area contributed by atoms with Crippen LogP contribution < -0.4 is 0 Å². The van der Waals surface area contributed by atoms with E-state index in [1.807, 2.05) is 25.6 Å². The topological polar surface area (TPSA) is 3.24 Å². The standard InChI is InChI=1S/C10H19NS.C2H6/c1-8(2)12-9-6-11(7-9)10(3,4)5;1-2/h9H,1,6-7H2,2-5H3;1-2H3. The summed E-state index contributed by atoms with van der Waals surface area (Å²) in [6, 6.07) is 0. The SMILES string of the molecule is C=C(C)SC1CN(C(C)(C)C)C1.CC. The molecule has 0 aromatic rings. The summed E-state index contributed by atoms with van der Waals surface area (Å²) in [4.78, 5) is 3.75. The van der Waals surface area contributed by atoms with Crippen LogP contribution in [0.25, 0.3) is 0 Å². The number of thioether (sulfide) groups is 1. The van der Waals surface area contributed by atoms with Gasteiger partial charge in [0.1, 0.15) is 0 Å². The summed E-state index contributed by atoms with van der Waals surface area (Å²) in [6.07, 6.45) is 0. The highest BCUT2D eigenvalue weighted by Crippen LogP contribution is 2.31. The molecule has 0 spiro atoms. The summed E-state index contributed by atoms with van der Waals surface area (Å²) in [5.74, 6) is 0. The highest BCUT2D eigenvalue weighted by molar-refractivity contribution is 8.03. The van der Waals surface area contributed by atoms with Gasteiger partial charge in [0.2, 0.25) is 0 Å². The van der Waals surface area contributed by atoms with Crippen LogP contribution in [0.15, 0.2) is 11.5 Å². The first-order chi connectivity index (χ1) is 6.39. The number of likely N-dealkylation sites (tertiary alicyclic amines) is 1. The molecule has 84 valence electrons. The fourth-order valence-electron chi connectivity index (χ4n) is 1.34. The van der Waals surface area contributed by atoms with Crippen molar-refractivity contribution in [2.24, 2.45) is 0 Å². The zero-order chi connectivity index (χ0) is 11.4. The van der Waals surface area contributed by atoms with E-state index < -0.39 is 0 Å². The van der Waals surface area contributed by atoms with Crippen LogP contribution in [0.1, 0.15) is 41.5 Å². The van der Waals surface area contributed by atoms with E-state index in [1.165, 1.54) is 18.0 Å². The van der Waals surface area contributed by atoms with Crippen molar-refractivity contribution in [1.82, 2.24) is 4.90 Å². The van der Waals surface area contributed by atoms with E-state index in [1.54, 1.807) is 0 Å². The predicted molar refractivity (Wildman–Crippen MR) is 68.9 cm³/mol. The number of hydrogen-bond acceptors (Lipinski definition) is 2. The second kappa shape index (κ2) is 5.82. The van der Waals surface area contributed by atoms with Gasteiger partial charge in [-0.2, -0.15) is 0 Å². The first-order valence-corrected chi connectivity index (χ1v) is 6.35. The first-order valence-electron chi connectivity index (χ1n) is 5.47. The van der Waals surface area contributed by atoms with Gasteiger partial charge in [0.25, 0.3) is 0 Å². The zero-order valence-electron chi connectivity index (χ0n) is 10.6. The smallest absolute Gasteiger partial charge is 0.0346 e. The van der Waals surface area contributed by atoms with Crippen molar-refractivity contribution in [3.05, 3.63) is 11.5 Å². The minimum absolute atomic E-state index is 0.353. The van der Waals surface area contributed by atoms with E-state index in [9.17, 15) is 0 Å². The van der Waals surface area contributed by atoms with Crippen LogP contribution in [0.5, 0.6) is 0 Å². The van der Waals surface area contributed by atoms with Crippen molar-refractivity contribution in [1.29, 1.82) is 0 Å². The van der Waals surface area contributed by atoms with E-state index in [2.05, 4.69) is 39.2 Å². The maximum atomic E-state index is 3.91. The lowest BCUT2D eigenvalue weighted by Crippen LogP contribution is -2.57. The van der Waals surface area contributed by atoms with Gasteiger partial charge in [0.15, 0.2) is 0 Å². The summed E-state index contributed by atoms with van der Waals surface area (Å²) in [5, 5.41) is 0.793. The molecule has 1 aliphatic heterocycles. The van der Waals surface area contributed by atoms with Crippen LogP contribution in [0.2, 0.25) is 0 Å². The summed E-state index contributed by atoms with van der Waals surface area (Å²) < 4.78 is 0. The van der Waals surface area contributed by atoms with Gasteiger partial charge in [0.05, 0.1) is 0 Å². The Balaban J connectivity index is 0.000000791. The molecule has 1 rings (SSSR count). The maximum absolute atomic E-state index is 3.91. The Bertz CT molecular complexity index is 175. The lowest BCUT2D eigenvalue weighted by atomic mass is 10.0. The Hall–Kier alpha value is 0.0500. The molecule has 0 aliphatic carbocycles. The Morgan fingerprint density at radius 2 is 1.71 bits per heavy atom. The van der Waals surface area contributed by atoms with Gasteiger partial charge in [-0.05, 0) is 32.6 Å². The Morgan fingerprint density at radius 1 is 1.29 bits per heavy atom. The summed E-state index contributed by atoms with van der Waals surface area (Å²) in [7, 11) is 0. The van der Waals surface area contributed by atoms with Crippen molar-refractivity contribution in [3.63, 3.8) is 0 Å². The molecule has 0 radical (unpaired) electrons. The molecule has 0 aromatic heterocycles. The van der Waals surface area contributed by atoms with Gasteiger partial charge >= 0.3 is 0 Å². The lowest BCUT2D eigenvalue weighted by molar-refractivity contribution is 0.0756. The molecule has 1 fully saturated rings. The van der Waals surface area contributed by atoms with E-state index in [0.717, 1.165) is 5.25 Å². The third kappa shape index (κ3) is 4.52. The van der Waals surface area contributed by atoms with E-state index >= 15 is 0 Å². The zero-order valence-corrected chi connectivity index (χ0v) is 11.4. The Kier molecular flexibility index (Phi) is 5.84. The number of hydrogen-bond donors (Lipinski definition) is 0. The Morgan fingerprint density at radius 3 is 2.00 bits per heavy atom. The van der Waals surface area contributed by atoms with Gasteiger partial charge in [-0.3, -0.25) is 4.90 Å². The molecule has 0 amide bonds. The highest BCUT2D eigenvalue weighted by Gasteiger charge is 2.34. The average molecular weight is 215 g/mol. The molecule has 0 saturated carbocycles. The summed E-state index contributed by atoms with van der Waals surface area (Å²) >= 11 is 1.92. The van der Waals surface area contributed by atoms with Gasteiger partial charge in [-0.1, -0.05) is 20.4 Å². The average Bonchev–Trinajstić information content (AvgIpc) is 1.97. The maximum Gasteiger partial charge on any atom is 0.0346 e. The van der Waals surface area contributed by atoms with Crippen molar-refractivity contribution < 1.29 is 0 Å². The molecule has 0 N–H and O–H groups in total. The molecule has 0 aromatic carbocycles. The van der Waals surface area contributed by atoms with Crippen LogP contribution in [0, 0.1) is 0 Å². The molecule has 2 heteroatoms. The Labute approximate surface area is 93.9 Å². The molecule has 0 bridgehead atoms. The van der Waals surface area contributed by atoms with Crippen LogP contribution in [0.3, 0.4) is 0 Å². The van der Waals surface area contributed by atoms with Crippen LogP contribution in [-0.2, 0) is 0 Å². The minimum Gasteiger partial charge on any atom is -0.296 e. The number of nitrogens with zero attached hydrogens (tertiary/aromatic N) is 1. The van der Waals surface area contributed by atoms with Gasteiger partial charge < -0.3 is 0 Å². The molecule has 0 unspecified atom stereocenters. The van der Waals surface area contributed by atoms with Gasteiger partial charge in [-0.25, -0.2) is 0 Å². The van der Waals surface area contributed by atoms with E-state index in [-0.39, 0.29) is 0 Å². The van der Waals surface area contributed by atoms with Crippen LogP contribution in [-0.4, -0.2) is 28.8 Å². The second-order valence-corrected chi connectivity index (χ2v) is 6.12. The van der Waals surface area contributed by atoms with Gasteiger partial charge in [0, 0.05) is 23.9 Å². The van der Waals surface area contributed by atoms with Crippen molar-refractivity contribution in [2.45, 2.75) is 52.3 Å². The monoisotopic (exact) mass is 215 g/mol. The van der Waals surface area contributed by atoms with Crippen molar-refractivity contribution in [3.8, 4) is 0 Å². The van der Waals surface area contributed by atoms with E-state index in [4.69, 9.17) is 0 Å². The fraction of sp³-hybridized carbons (Fsp3) is 0.833. The summed E-state index contributed by atoms with van der Waals surface area (Å²) in [5.41, 5.74) is 0.353. The molecule has 0 atom stereocenters. The molecule has 1 saturated heterocycles. The molecular weight excluding hydrogens is 190 g/mol. The quantitative estimate of drug-likeness (QED) is 0.690. The largest absolute Gasteiger partial charge is 0.296 e. The van der Waals surface area contributed by atoms with Crippen LogP contribution in [0.4, 0.5) is 0 Å². The predicted octanol–water partition coefficient (Wildman–Crippen LogP) is 3.76. The second-order valence-electron chi connectivity index (χ2n) is 4.52. The molecule has 14 heavy (non-hydrogen) atoms. The van der Waals surface area contributed by atoms with Crippen LogP contribution >= 0.6 is 11.8 Å². The molecule has 1 nitrogen and oxygen atoms in total. The lowest BCUT2D eigenvalue weighted by Gasteiger charge is -2.47. The van der Waals surface area contributed by atoms with Crippen molar-refractivity contribution in [2.75, 3.05) is 13.1 Å². The fourth-order valence-corrected chi connectivity index (χ4v) is 2.42. The van der Waals surface area contributed by atoms with Gasteiger partial charge in [-0.15, -0.1) is 11.8 Å². The summed E-state index contributed by atoms with van der Waals surface area (Å²) in [6.45, 7) is 19.3. The highest BCUT2D eigenvalue weighted by atomic mass is 32.2. The third-order valence-electron chi connectivity index (χ3n) is 2.16. The third-order valence-corrected chi connectivity index (χ3v) is 3.20. The normalized spacial score (nSPS) is 18.1. The first kappa shape index (κ1) is 14.1. The minimum atomic E-state index is 0.353. The number of allylic oxidation sites excluding steroid dienone is 1.